The van der Waals surface area contributed by atoms with Gasteiger partial charge in [-0.25, -0.2) is 4.79 Å². The van der Waals surface area contributed by atoms with Crippen molar-refractivity contribution in [2.24, 2.45) is 0 Å². The Morgan fingerprint density at radius 3 is 1.88 bits per heavy atom. The van der Waals surface area contributed by atoms with Crippen molar-refractivity contribution in [3.05, 3.63) is 53.1 Å². The van der Waals surface area contributed by atoms with Crippen molar-refractivity contribution in [3.63, 3.8) is 0 Å². The van der Waals surface area contributed by atoms with Gasteiger partial charge in [0.15, 0.2) is 0 Å². The normalized spacial score (nSPS) is 12.2. The quantitative estimate of drug-likeness (QED) is 0.782. The zero-order valence-electron chi connectivity index (χ0n) is 15.3. The van der Waals surface area contributed by atoms with E-state index < -0.39 is 11.4 Å². The number of carboxylic acid groups (broad SMARTS) is 1. The van der Waals surface area contributed by atoms with Crippen LogP contribution in [0.25, 0.3) is 11.1 Å². The second-order valence-electron chi connectivity index (χ2n) is 8.24. The molecule has 0 spiro atoms. The Labute approximate surface area is 144 Å². The Balaban J connectivity index is 3.04. The number of benzene rings is 2. The fourth-order valence-electron chi connectivity index (χ4n) is 3.06. The number of phenols is 1. The molecule has 0 bridgehead atoms. The number of aromatic hydroxyl groups is 1. The zero-order chi connectivity index (χ0) is 18.3. The summed E-state index contributed by atoms with van der Waals surface area (Å²) in [6.45, 7) is 12.2. The number of hydrogen-bond donors (Lipinski definition) is 2. The molecule has 0 fully saturated rings. The van der Waals surface area contributed by atoms with Gasteiger partial charge in [-0.1, -0.05) is 71.9 Å². The van der Waals surface area contributed by atoms with Crippen LogP contribution in [-0.4, -0.2) is 16.2 Å². The van der Waals surface area contributed by atoms with E-state index in [0.29, 0.717) is 5.56 Å². The summed E-state index contributed by atoms with van der Waals surface area (Å²) in [5.41, 5.74) is 2.82. The average molecular weight is 326 g/mol. The summed E-state index contributed by atoms with van der Waals surface area (Å²) in [6.07, 6.45) is 0. The molecule has 0 amide bonds. The highest BCUT2D eigenvalue weighted by atomic mass is 16.4. The van der Waals surface area contributed by atoms with Crippen LogP contribution in [0.3, 0.4) is 0 Å². The Kier molecular flexibility index (Phi) is 4.49. The van der Waals surface area contributed by atoms with E-state index in [1.54, 1.807) is 6.07 Å². The predicted molar refractivity (Wildman–Crippen MR) is 97.9 cm³/mol. The van der Waals surface area contributed by atoms with Crippen LogP contribution in [0.2, 0.25) is 0 Å². The molecule has 0 unspecified atom stereocenters. The second kappa shape index (κ2) is 5.97. The van der Waals surface area contributed by atoms with Gasteiger partial charge in [-0.3, -0.25) is 0 Å². The lowest BCUT2D eigenvalue weighted by Gasteiger charge is -2.32. The molecule has 2 aromatic carbocycles. The lowest BCUT2D eigenvalue weighted by molar-refractivity contribution is 0.0693. The first-order valence-electron chi connectivity index (χ1n) is 8.14. The van der Waals surface area contributed by atoms with Gasteiger partial charge < -0.3 is 10.2 Å². The average Bonchev–Trinajstić information content (AvgIpc) is 2.44. The first kappa shape index (κ1) is 18.1. The third-order valence-corrected chi connectivity index (χ3v) is 4.15. The molecule has 0 aliphatic rings. The van der Waals surface area contributed by atoms with Gasteiger partial charge in [-0.15, -0.1) is 0 Å². The molecule has 0 aliphatic heterocycles. The maximum absolute atomic E-state index is 11.7. The van der Waals surface area contributed by atoms with E-state index >= 15 is 0 Å². The Morgan fingerprint density at radius 1 is 0.917 bits per heavy atom. The van der Waals surface area contributed by atoms with Crippen LogP contribution in [0.4, 0.5) is 0 Å². The highest BCUT2D eigenvalue weighted by Crippen LogP contribution is 2.46. The minimum Gasteiger partial charge on any atom is -0.507 e. The molecule has 0 heterocycles. The third-order valence-electron chi connectivity index (χ3n) is 4.15. The molecular weight excluding hydrogens is 300 g/mol. The van der Waals surface area contributed by atoms with Crippen LogP contribution in [0.15, 0.2) is 36.4 Å². The maximum Gasteiger partial charge on any atom is 0.339 e. The molecule has 128 valence electrons. The van der Waals surface area contributed by atoms with Gasteiger partial charge in [-0.05, 0) is 33.6 Å². The standard InChI is InChI=1S/C21H26O3/c1-20(2,3)15-12-14(19(23)24)18(22)17(21(4,5)6)16(15)13-10-8-7-9-11-13/h7-12,22H,1-6H3,(H,23,24). The number of hydrogen-bond acceptors (Lipinski definition) is 2. The van der Waals surface area contributed by atoms with Crippen LogP contribution in [0.1, 0.15) is 63.0 Å². The fourth-order valence-corrected chi connectivity index (χ4v) is 3.06. The molecule has 0 atom stereocenters. The zero-order valence-corrected chi connectivity index (χ0v) is 15.3. The lowest BCUT2D eigenvalue weighted by Crippen LogP contribution is -2.21. The minimum absolute atomic E-state index is 0.0375. The van der Waals surface area contributed by atoms with E-state index in [1.807, 2.05) is 51.1 Å². The summed E-state index contributed by atoms with van der Waals surface area (Å²) in [4.78, 5) is 11.7. The maximum atomic E-state index is 11.7. The topological polar surface area (TPSA) is 57.5 Å². The van der Waals surface area contributed by atoms with Crippen molar-refractivity contribution in [2.45, 2.75) is 52.4 Å². The number of rotatable bonds is 2. The third kappa shape index (κ3) is 3.30. The summed E-state index contributed by atoms with van der Waals surface area (Å²) in [6, 6.07) is 11.5. The number of aromatic carboxylic acids is 1. The van der Waals surface area contributed by atoms with Gasteiger partial charge in [0.05, 0.1) is 0 Å². The molecule has 3 heteroatoms. The second-order valence-corrected chi connectivity index (χ2v) is 8.24. The fraction of sp³-hybridized carbons (Fsp3) is 0.381. The monoisotopic (exact) mass is 326 g/mol. The Bertz CT molecular complexity index is 760. The molecule has 0 radical (unpaired) electrons. The van der Waals surface area contributed by atoms with Crippen LogP contribution in [0, 0.1) is 0 Å². The van der Waals surface area contributed by atoms with Gasteiger partial charge in [0.2, 0.25) is 0 Å². The predicted octanol–water partition coefficient (Wildman–Crippen LogP) is 5.35. The molecular formula is C21H26O3. The van der Waals surface area contributed by atoms with Crippen molar-refractivity contribution < 1.29 is 15.0 Å². The van der Waals surface area contributed by atoms with Crippen LogP contribution in [-0.2, 0) is 10.8 Å². The minimum atomic E-state index is -1.11. The van der Waals surface area contributed by atoms with E-state index in [0.717, 1.165) is 16.7 Å². The van der Waals surface area contributed by atoms with Gasteiger partial charge >= 0.3 is 5.97 Å². The molecule has 2 N–H and O–H groups in total. The number of carbonyl (C=O) groups is 1. The van der Waals surface area contributed by atoms with Gasteiger partial charge in [0, 0.05) is 5.56 Å². The van der Waals surface area contributed by atoms with Crippen LogP contribution < -0.4 is 0 Å². The largest absolute Gasteiger partial charge is 0.507 e. The molecule has 2 rings (SSSR count). The van der Waals surface area contributed by atoms with E-state index in [1.165, 1.54) is 0 Å². The van der Waals surface area contributed by atoms with Gasteiger partial charge in [0.1, 0.15) is 11.3 Å². The molecule has 2 aromatic rings. The highest BCUT2D eigenvalue weighted by molar-refractivity contribution is 5.94. The molecule has 0 saturated carbocycles. The van der Waals surface area contributed by atoms with Crippen molar-refractivity contribution >= 4 is 5.97 Å². The van der Waals surface area contributed by atoms with Crippen LogP contribution >= 0.6 is 0 Å². The Hall–Kier alpha value is -2.29. The molecule has 24 heavy (non-hydrogen) atoms. The summed E-state index contributed by atoms with van der Waals surface area (Å²) >= 11 is 0. The Morgan fingerprint density at radius 2 is 1.46 bits per heavy atom. The molecule has 3 nitrogen and oxygen atoms in total. The smallest absolute Gasteiger partial charge is 0.339 e. The van der Waals surface area contributed by atoms with Crippen molar-refractivity contribution in [1.29, 1.82) is 0 Å². The summed E-state index contributed by atoms with van der Waals surface area (Å²) in [5, 5.41) is 20.3. The SMILES string of the molecule is CC(C)(C)c1cc(C(=O)O)c(O)c(C(C)(C)C)c1-c1ccccc1. The number of carboxylic acids is 1. The summed E-state index contributed by atoms with van der Waals surface area (Å²) < 4.78 is 0. The van der Waals surface area contributed by atoms with E-state index in [9.17, 15) is 15.0 Å². The summed E-state index contributed by atoms with van der Waals surface area (Å²) in [7, 11) is 0. The van der Waals surface area contributed by atoms with Crippen molar-refractivity contribution in [1.82, 2.24) is 0 Å². The first-order chi connectivity index (χ1) is 10.9. The van der Waals surface area contributed by atoms with Crippen molar-refractivity contribution in [3.8, 4) is 16.9 Å². The van der Waals surface area contributed by atoms with Gasteiger partial charge in [0.25, 0.3) is 0 Å². The van der Waals surface area contributed by atoms with Gasteiger partial charge in [-0.2, -0.15) is 0 Å². The molecule has 0 aromatic heterocycles. The summed E-state index contributed by atoms with van der Waals surface area (Å²) in [5.74, 6) is -1.25. The van der Waals surface area contributed by atoms with E-state index in [-0.39, 0.29) is 16.7 Å². The first-order valence-corrected chi connectivity index (χ1v) is 8.14. The van der Waals surface area contributed by atoms with Crippen LogP contribution in [0.5, 0.6) is 5.75 Å². The van der Waals surface area contributed by atoms with Crippen molar-refractivity contribution in [2.75, 3.05) is 0 Å². The van der Waals surface area contributed by atoms with E-state index in [2.05, 4.69) is 20.8 Å². The molecule has 0 aliphatic carbocycles. The highest BCUT2D eigenvalue weighted by Gasteiger charge is 2.32. The molecule has 0 saturated heterocycles. The van der Waals surface area contributed by atoms with E-state index in [4.69, 9.17) is 0 Å². The lowest BCUT2D eigenvalue weighted by atomic mass is 9.73.